The Kier molecular flexibility index (Phi) is 13.9. The van der Waals surface area contributed by atoms with Crippen molar-refractivity contribution in [1.29, 1.82) is 0 Å². The molecule has 32 heavy (non-hydrogen) atoms. The second-order valence-electron chi connectivity index (χ2n) is 9.11. The number of carbonyl (C=O) groups is 4. The molecule has 0 spiro atoms. The summed E-state index contributed by atoms with van der Waals surface area (Å²) in [6.45, 7) is 4.54. The van der Waals surface area contributed by atoms with Crippen LogP contribution in [-0.4, -0.2) is 44.3 Å². The van der Waals surface area contributed by atoms with Gasteiger partial charge in [-0.2, -0.15) is 0 Å². The Morgan fingerprint density at radius 2 is 0.906 bits per heavy atom. The van der Waals surface area contributed by atoms with Gasteiger partial charge in [-0.15, -0.1) is 0 Å². The molecule has 0 fully saturated rings. The van der Waals surface area contributed by atoms with Crippen LogP contribution in [0.4, 0.5) is 0 Å². The van der Waals surface area contributed by atoms with Gasteiger partial charge in [0.15, 0.2) is 0 Å². The largest absolute Gasteiger partial charge is 0.481 e. The molecular weight excluding hydrogens is 416 g/mol. The summed E-state index contributed by atoms with van der Waals surface area (Å²) in [5.74, 6) is -9.25. The number of aliphatic carboxylic acids is 4. The van der Waals surface area contributed by atoms with E-state index in [1.165, 1.54) is 58.3 Å². The van der Waals surface area contributed by atoms with E-state index in [2.05, 4.69) is 6.92 Å². The highest BCUT2D eigenvalue weighted by molar-refractivity contribution is 6.20. The molecule has 2 atom stereocenters. The van der Waals surface area contributed by atoms with Crippen molar-refractivity contribution in [3.05, 3.63) is 0 Å². The van der Waals surface area contributed by atoms with E-state index in [1.807, 2.05) is 0 Å². The third-order valence-electron chi connectivity index (χ3n) is 6.91. The summed E-state index contributed by atoms with van der Waals surface area (Å²) in [4.78, 5) is 47.1. The Balaban J connectivity index is 4.56. The normalized spacial score (nSPS) is 14.5. The predicted octanol–water partition coefficient (Wildman–Crippen LogP) is 5.43. The fraction of sp³-hybridized carbons (Fsp3) is 0.833. The van der Waals surface area contributed by atoms with Crippen molar-refractivity contribution in [2.75, 3.05) is 0 Å². The van der Waals surface area contributed by atoms with Crippen LogP contribution in [-0.2, 0) is 19.2 Å². The van der Waals surface area contributed by atoms with Crippen molar-refractivity contribution in [1.82, 2.24) is 0 Å². The highest BCUT2D eigenvalue weighted by Gasteiger charge is 2.71. The summed E-state index contributed by atoms with van der Waals surface area (Å²) in [5.41, 5.74) is -5.97. The van der Waals surface area contributed by atoms with Crippen LogP contribution in [0.5, 0.6) is 0 Å². The van der Waals surface area contributed by atoms with Gasteiger partial charge in [0.2, 0.25) is 0 Å². The Labute approximate surface area is 191 Å². The van der Waals surface area contributed by atoms with Crippen molar-refractivity contribution < 1.29 is 39.6 Å². The lowest BCUT2D eigenvalue weighted by atomic mass is 9.57. The van der Waals surface area contributed by atoms with Crippen molar-refractivity contribution in [2.45, 2.75) is 111 Å². The Hall–Kier alpha value is -2.12. The summed E-state index contributed by atoms with van der Waals surface area (Å²) >= 11 is 0. The zero-order valence-corrected chi connectivity index (χ0v) is 19.9. The van der Waals surface area contributed by atoms with Crippen molar-refractivity contribution in [3.63, 3.8) is 0 Å². The van der Waals surface area contributed by atoms with Gasteiger partial charge in [-0.1, -0.05) is 97.3 Å². The van der Waals surface area contributed by atoms with E-state index in [4.69, 9.17) is 0 Å². The molecular formula is C24H42O8. The maximum atomic E-state index is 12.0. The maximum Gasteiger partial charge on any atom is 0.333 e. The summed E-state index contributed by atoms with van der Waals surface area (Å²) < 4.78 is 0. The van der Waals surface area contributed by atoms with E-state index in [1.54, 1.807) is 0 Å². The predicted molar refractivity (Wildman–Crippen MR) is 121 cm³/mol. The number of hydrogen-bond acceptors (Lipinski definition) is 4. The summed E-state index contributed by atoms with van der Waals surface area (Å²) in [6.07, 6.45) is 15.0. The van der Waals surface area contributed by atoms with Crippen LogP contribution in [0.15, 0.2) is 0 Å². The standard InChI is InChI=1S/C24H42O8/c1-4-5-6-7-8-9-10-11-12-13-14-15-16-17-18(2)23(3,19(25)26)24(20(27)28,21(29)30)22(31)32/h18H,4-17H2,1-3H3,(H,25,26)(H,27,28)(H,29,30)(H,31,32). The van der Waals surface area contributed by atoms with Gasteiger partial charge in [0.25, 0.3) is 5.41 Å². The molecule has 0 bridgehead atoms. The van der Waals surface area contributed by atoms with Gasteiger partial charge in [-0.25, -0.2) is 0 Å². The monoisotopic (exact) mass is 458 g/mol. The molecule has 0 aromatic carbocycles. The van der Waals surface area contributed by atoms with Crippen LogP contribution in [0.2, 0.25) is 0 Å². The molecule has 0 aromatic heterocycles. The Bertz CT molecular complexity index is 579. The van der Waals surface area contributed by atoms with Crippen LogP contribution >= 0.6 is 0 Å². The fourth-order valence-corrected chi connectivity index (χ4v) is 4.44. The molecule has 0 aliphatic rings. The molecule has 8 heteroatoms. The lowest BCUT2D eigenvalue weighted by molar-refractivity contribution is -0.198. The van der Waals surface area contributed by atoms with Gasteiger partial charge < -0.3 is 20.4 Å². The molecule has 0 aliphatic heterocycles. The first kappa shape index (κ1) is 29.9. The van der Waals surface area contributed by atoms with E-state index in [0.29, 0.717) is 6.42 Å². The second-order valence-corrected chi connectivity index (χ2v) is 9.11. The minimum atomic E-state index is -3.46. The molecule has 0 saturated carbocycles. The minimum Gasteiger partial charge on any atom is -0.481 e. The molecule has 8 nitrogen and oxygen atoms in total. The third kappa shape index (κ3) is 7.48. The number of unbranched alkanes of at least 4 members (excludes halogenated alkanes) is 12. The van der Waals surface area contributed by atoms with E-state index in [9.17, 15) is 39.6 Å². The lowest BCUT2D eigenvalue weighted by Gasteiger charge is -2.40. The molecule has 0 heterocycles. The molecule has 0 rings (SSSR count). The van der Waals surface area contributed by atoms with E-state index in [0.717, 1.165) is 32.6 Å². The van der Waals surface area contributed by atoms with Gasteiger partial charge in [-0.05, 0) is 19.3 Å². The van der Waals surface area contributed by atoms with E-state index < -0.39 is 40.6 Å². The molecule has 0 saturated heterocycles. The molecule has 0 aromatic rings. The van der Waals surface area contributed by atoms with Crippen molar-refractivity contribution in [3.8, 4) is 0 Å². The number of hydrogen-bond donors (Lipinski definition) is 4. The molecule has 186 valence electrons. The number of carboxylic acids is 4. The lowest BCUT2D eigenvalue weighted by Crippen LogP contribution is -2.62. The number of rotatable bonds is 20. The van der Waals surface area contributed by atoms with Gasteiger partial charge in [0.05, 0.1) is 0 Å². The summed E-state index contributed by atoms with van der Waals surface area (Å²) in [6, 6.07) is 0. The molecule has 4 N–H and O–H groups in total. The average Bonchev–Trinajstić information content (AvgIpc) is 2.70. The first-order valence-corrected chi connectivity index (χ1v) is 11.9. The van der Waals surface area contributed by atoms with Crippen LogP contribution in [0.25, 0.3) is 0 Å². The zero-order valence-electron chi connectivity index (χ0n) is 19.9. The smallest absolute Gasteiger partial charge is 0.333 e. The van der Waals surface area contributed by atoms with Gasteiger partial charge in [0.1, 0.15) is 5.41 Å². The van der Waals surface area contributed by atoms with E-state index in [-0.39, 0.29) is 6.42 Å². The summed E-state index contributed by atoms with van der Waals surface area (Å²) in [5, 5.41) is 38.1. The van der Waals surface area contributed by atoms with Crippen LogP contribution in [0, 0.1) is 16.7 Å². The van der Waals surface area contributed by atoms with Crippen molar-refractivity contribution >= 4 is 23.9 Å². The summed E-state index contributed by atoms with van der Waals surface area (Å²) in [7, 11) is 0. The third-order valence-corrected chi connectivity index (χ3v) is 6.91. The second kappa shape index (κ2) is 14.9. The average molecular weight is 459 g/mol. The maximum absolute atomic E-state index is 12.0. The van der Waals surface area contributed by atoms with Gasteiger partial charge in [0, 0.05) is 0 Å². The van der Waals surface area contributed by atoms with E-state index >= 15 is 0 Å². The SMILES string of the molecule is CCCCCCCCCCCCCCCC(C)C(C)(C(=O)O)C(C(=O)O)(C(=O)O)C(=O)O. The van der Waals surface area contributed by atoms with Crippen LogP contribution in [0.1, 0.15) is 111 Å². The molecule has 0 amide bonds. The highest BCUT2D eigenvalue weighted by Crippen LogP contribution is 2.48. The number of carboxylic acid groups (broad SMARTS) is 4. The first-order valence-electron chi connectivity index (χ1n) is 11.9. The topological polar surface area (TPSA) is 149 Å². The molecule has 0 aliphatic carbocycles. The highest BCUT2D eigenvalue weighted by atomic mass is 16.4. The quantitative estimate of drug-likeness (QED) is 0.139. The van der Waals surface area contributed by atoms with Crippen LogP contribution < -0.4 is 0 Å². The van der Waals surface area contributed by atoms with Crippen LogP contribution in [0.3, 0.4) is 0 Å². The van der Waals surface area contributed by atoms with Gasteiger partial charge >= 0.3 is 23.9 Å². The van der Waals surface area contributed by atoms with Crippen molar-refractivity contribution in [2.24, 2.45) is 16.7 Å². The Morgan fingerprint density at radius 1 is 0.594 bits per heavy atom. The van der Waals surface area contributed by atoms with Gasteiger partial charge in [-0.3, -0.25) is 19.2 Å². The first-order chi connectivity index (χ1) is 15.0. The minimum absolute atomic E-state index is 0.232. The zero-order chi connectivity index (χ0) is 24.8. The molecule has 2 unspecified atom stereocenters. The Morgan fingerprint density at radius 3 is 1.19 bits per heavy atom. The molecule has 0 radical (unpaired) electrons. The fourth-order valence-electron chi connectivity index (χ4n) is 4.44.